The lowest BCUT2D eigenvalue weighted by Gasteiger charge is -2.17. The number of nitrogens with zero attached hydrogens (tertiary/aromatic N) is 4. The quantitative estimate of drug-likeness (QED) is 0.938. The number of carbonyl (C=O) groups is 1. The van der Waals surface area contributed by atoms with Gasteiger partial charge in [0.15, 0.2) is 5.69 Å². The molecule has 0 aromatic carbocycles. The fourth-order valence-electron chi connectivity index (χ4n) is 1.70. The van der Waals surface area contributed by atoms with Gasteiger partial charge < -0.3 is 4.90 Å². The Morgan fingerprint density at radius 1 is 1.45 bits per heavy atom. The lowest BCUT2D eigenvalue weighted by molar-refractivity contribution is 0.0779. The Morgan fingerprint density at radius 3 is 2.80 bits per heavy atom. The highest BCUT2D eigenvalue weighted by Crippen LogP contribution is 2.18. The number of H-pyrrole nitrogens is 1. The van der Waals surface area contributed by atoms with Crippen LogP contribution in [0.2, 0.25) is 5.02 Å². The van der Waals surface area contributed by atoms with Crippen LogP contribution >= 0.6 is 11.6 Å². The molecule has 0 saturated heterocycles. The van der Waals surface area contributed by atoms with Crippen molar-refractivity contribution in [2.24, 2.45) is 0 Å². The summed E-state index contributed by atoms with van der Waals surface area (Å²) in [4.78, 5) is 22.3. The predicted octanol–water partition coefficient (Wildman–Crippen LogP) is 2.25. The number of halogens is 1. The van der Waals surface area contributed by atoms with Crippen LogP contribution in [0.3, 0.4) is 0 Å². The van der Waals surface area contributed by atoms with Crippen LogP contribution in [-0.4, -0.2) is 38.0 Å². The van der Waals surface area contributed by atoms with Crippen molar-refractivity contribution >= 4 is 17.5 Å². The summed E-state index contributed by atoms with van der Waals surface area (Å²) in [6, 6.07) is 0. The van der Waals surface area contributed by atoms with E-state index in [1.165, 1.54) is 6.20 Å². The Labute approximate surface area is 122 Å². The van der Waals surface area contributed by atoms with Crippen molar-refractivity contribution in [2.45, 2.75) is 26.3 Å². The molecule has 6 nitrogen and oxygen atoms in total. The first-order chi connectivity index (χ1) is 9.49. The van der Waals surface area contributed by atoms with E-state index in [-0.39, 0.29) is 22.5 Å². The molecule has 2 aromatic rings. The van der Waals surface area contributed by atoms with Gasteiger partial charge in [-0.25, -0.2) is 9.97 Å². The number of aromatic amines is 1. The van der Waals surface area contributed by atoms with E-state index >= 15 is 0 Å². The van der Waals surface area contributed by atoms with Crippen LogP contribution in [0.15, 0.2) is 18.6 Å². The molecule has 0 bridgehead atoms. The van der Waals surface area contributed by atoms with Crippen LogP contribution in [0.4, 0.5) is 0 Å². The molecule has 2 heterocycles. The molecule has 0 fully saturated rings. The van der Waals surface area contributed by atoms with Crippen molar-refractivity contribution in [2.75, 3.05) is 7.05 Å². The fraction of sp³-hybridized carbons (Fsp3) is 0.385. The lowest BCUT2D eigenvalue weighted by atomic mass is 10.2. The molecule has 0 spiro atoms. The third kappa shape index (κ3) is 3.14. The number of rotatable bonds is 4. The molecule has 2 aromatic heterocycles. The van der Waals surface area contributed by atoms with E-state index < -0.39 is 0 Å². The van der Waals surface area contributed by atoms with E-state index in [0.29, 0.717) is 12.4 Å². The maximum atomic E-state index is 12.4. The number of nitrogens with one attached hydrogen (secondary N) is 1. The standard InChI is InChI=1S/C13H16ClN5O/c1-8(2)12-15-6-10(14)11(18-12)13(20)19(3)7-9-4-16-17-5-9/h4-6,8H,7H2,1-3H3,(H,16,17). The highest BCUT2D eigenvalue weighted by molar-refractivity contribution is 6.33. The molecular weight excluding hydrogens is 278 g/mol. The molecule has 106 valence electrons. The van der Waals surface area contributed by atoms with Crippen molar-refractivity contribution < 1.29 is 4.79 Å². The monoisotopic (exact) mass is 293 g/mol. The van der Waals surface area contributed by atoms with Gasteiger partial charge in [0.2, 0.25) is 0 Å². The summed E-state index contributed by atoms with van der Waals surface area (Å²) in [6.07, 6.45) is 4.89. The average molecular weight is 294 g/mol. The fourth-order valence-corrected chi connectivity index (χ4v) is 1.87. The molecule has 20 heavy (non-hydrogen) atoms. The van der Waals surface area contributed by atoms with E-state index in [9.17, 15) is 4.79 Å². The van der Waals surface area contributed by atoms with Gasteiger partial charge in [0.25, 0.3) is 5.91 Å². The summed E-state index contributed by atoms with van der Waals surface area (Å²) in [5.41, 5.74) is 1.14. The minimum absolute atomic E-state index is 0.137. The van der Waals surface area contributed by atoms with Gasteiger partial charge in [-0.3, -0.25) is 9.89 Å². The van der Waals surface area contributed by atoms with E-state index in [1.807, 2.05) is 13.8 Å². The SMILES string of the molecule is CC(C)c1ncc(Cl)c(C(=O)N(C)Cc2cn[nH]c2)n1. The number of carbonyl (C=O) groups excluding carboxylic acids is 1. The zero-order valence-electron chi connectivity index (χ0n) is 11.6. The van der Waals surface area contributed by atoms with Crippen molar-refractivity contribution in [1.82, 2.24) is 25.1 Å². The maximum absolute atomic E-state index is 12.4. The Kier molecular flexibility index (Phi) is 4.34. The van der Waals surface area contributed by atoms with Crippen LogP contribution in [0.1, 0.15) is 41.6 Å². The molecule has 0 aliphatic carbocycles. The molecule has 2 rings (SSSR count). The second-order valence-electron chi connectivity index (χ2n) is 4.85. The third-order valence-electron chi connectivity index (χ3n) is 2.80. The van der Waals surface area contributed by atoms with E-state index in [0.717, 1.165) is 5.56 Å². The van der Waals surface area contributed by atoms with Crippen LogP contribution in [-0.2, 0) is 6.54 Å². The Bertz CT molecular complexity index is 597. The van der Waals surface area contributed by atoms with Gasteiger partial charge in [-0.2, -0.15) is 5.10 Å². The topological polar surface area (TPSA) is 74.8 Å². The minimum atomic E-state index is -0.236. The molecule has 1 amide bonds. The van der Waals surface area contributed by atoms with Gasteiger partial charge in [0, 0.05) is 31.3 Å². The zero-order chi connectivity index (χ0) is 14.7. The summed E-state index contributed by atoms with van der Waals surface area (Å²) in [6.45, 7) is 4.37. The van der Waals surface area contributed by atoms with Gasteiger partial charge in [-0.15, -0.1) is 0 Å². The summed E-state index contributed by atoms with van der Waals surface area (Å²) in [5, 5.41) is 6.82. The van der Waals surface area contributed by atoms with Gasteiger partial charge in [-0.1, -0.05) is 25.4 Å². The summed E-state index contributed by atoms with van der Waals surface area (Å²) < 4.78 is 0. The van der Waals surface area contributed by atoms with Gasteiger partial charge in [0.1, 0.15) is 5.82 Å². The van der Waals surface area contributed by atoms with Crippen LogP contribution in [0.5, 0.6) is 0 Å². The Balaban J connectivity index is 2.21. The summed E-state index contributed by atoms with van der Waals surface area (Å²) in [7, 11) is 1.70. The number of hydrogen-bond acceptors (Lipinski definition) is 4. The molecule has 0 saturated carbocycles. The van der Waals surface area contributed by atoms with Crippen LogP contribution in [0, 0.1) is 0 Å². The first-order valence-electron chi connectivity index (χ1n) is 6.24. The molecule has 0 aliphatic rings. The number of hydrogen-bond donors (Lipinski definition) is 1. The molecule has 0 unspecified atom stereocenters. The first-order valence-corrected chi connectivity index (χ1v) is 6.62. The lowest BCUT2D eigenvalue weighted by Crippen LogP contribution is -2.27. The van der Waals surface area contributed by atoms with Crippen molar-refractivity contribution in [3.8, 4) is 0 Å². The van der Waals surface area contributed by atoms with Gasteiger partial charge in [-0.05, 0) is 0 Å². The smallest absolute Gasteiger partial charge is 0.274 e. The predicted molar refractivity (Wildman–Crippen MR) is 75.5 cm³/mol. The number of aromatic nitrogens is 4. The molecule has 0 radical (unpaired) electrons. The molecular formula is C13H16ClN5O. The van der Waals surface area contributed by atoms with Crippen molar-refractivity contribution in [3.63, 3.8) is 0 Å². The minimum Gasteiger partial charge on any atom is -0.336 e. The molecule has 7 heteroatoms. The van der Waals surface area contributed by atoms with Gasteiger partial charge >= 0.3 is 0 Å². The Hall–Kier alpha value is -1.95. The van der Waals surface area contributed by atoms with E-state index in [1.54, 1.807) is 24.3 Å². The van der Waals surface area contributed by atoms with E-state index in [4.69, 9.17) is 11.6 Å². The molecule has 0 atom stereocenters. The van der Waals surface area contributed by atoms with E-state index in [2.05, 4.69) is 20.2 Å². The second kappa shape index (κ2) is 6.00. The maximum Gasteiger partial charge on any atom is 0.274 e. The first kappa shape index (κ1) is 14.5. The Morgan fingerprint density at radius 2 is 2.20 bits per heavy atom. The summed E-state index contributed by atoms with van der Waals surface area (Å²) in [5.74, 6) is 0.507. The van der Waals surface area contributed by atoms with Crippen LogP contribution in [0.25, 0.3) is 0 Å². The third-order valence-corrected chi connectivity index (χ3v) is 3.08. The normalized spacial score (nSPS) is 10.8. The number of amides is 1. The highest BCUT2D eigenvalue weighted by atomic mass is 35.5. The van der Waals surface area contributed by atoms with Gasteiger partial charge in [0.05, 0.1) is 17.4 Å². The van der Waals surface area contributed by atoms with Crippen molar-refractivity contribution in [3.05, 3.63) is 40.7 Å². The zero-order valence-corrected chi connectivity index (χ0v) is 12.3. The average Bonchev–Trinajstić information content (AvgIpc) is 2.91. The summed E-state index contributed by atoms with van der Waals surface area (Å²) >= 11 is 6.03. The highest BCUT2D eigenvalue weighted by Gasteiger charge is 2.19. The van der Waals surface area contributed by atoms with Crippen LogP contribution < -0.4 is 0 Å². The molecule has 1 N–H and O–H groups in total. The largest absolute Gasteiger partial charge is 0.336 e. The van der Waals surface area contributed by atoms with Crippen molar-refractivity contribution in [1.29, 1.82) is 0 Å². The molecule has 0 aliphatic heterocycles. The second-order valence-corrected chi connectivity index (χ2v) is 5.25.